The molecular weight excluding hydrogens is 300 g/mol. The van der Waals surface area contributed by atoms with Crippen molar-refractivity contribution < 1.29 is 4.79 Å². The smallest absolute Gasteiger partial charge is 0.227 e. The SMILES string of the molecule is Cn1ccnc1C1CNCCN1C(=O)Cc1ccccc1Cl. The van der Waals surface area contributed by atoms with E-state index in [0.717, 1.165) is 24.5 Å². The van der Waals surface area contributed by atoms with Gasteiger partial charge in [0.2, 0.25) is 5.91 Å². The number of amides is 1. The van der Waals surface area contributed by atoms with Crippen LogP contribution in [0.2, 0.25) is 5.02 Å². The number of hydrogen-bond donors (Lipinski definition) is 1. The Bertz CT molecular complexity index is 670. The number of aromatic nitrogens is 2. The van der Waals surface area contributed by atoms with E-state index in [0.29, 0.717) is 18.0 Å². The molecule has 0 spiro atoms. The summed E-state index contributed by atoms with van der Waals surface area (Å²) in [5.74, 6) is 0.988. The monoisotopic (exact) mass is 318 g/mol. The molecule has 116 valence electrons. The molecule has 0 radical (unpaired) electrons. The highest BCUT2D eigenvalue weighted by atomic mass is 35.5. The fraction of sp³-hybridized carbons (Fsp3) is 0.375. The molecule has 6 heteroatoms. The normalized spacial score (nSPS) is 18.5. The van der Waals surface area contributed by atoms with E-state index in [1.807, 2.05) is 47.0 Å². The third-order valence-electron chi connectivity index (χ3n) is 4.02. The van der Waals surface area contributed by atoms with E-state index in [1.54, 1.807) is 6.20 Å². The van der Waals surface area contributed by atoms with Gasteiger partial charge in [0.05, 0.1) is 6.42 Å². The predicted molar refractivity (Wildman–Crippen MR) is 85.7 cm³/mol. The number of aryl methyl sites for hydroxylation is 1. The minimum Gasteiger partial charge on any atom is -0.336 e. The van der Waals surface area contributed by atoms with E-state index in [9.17, 15) is 4.79 Å². The zero-order valence-electron chi connectivity index (χ0n) is 12.5. The molecule has 2 aromatic rings. The molecule has 22 heavy (non-hydrogen) atoms. The Morgan fingerprint density at radius 1 is 1.45 bits per heavy atom. The Hall–Kier alpha value is -1.85. The molecule has 0 bridgehead atoms. The first-order valence-corrected chi connectivity index (χ1v) is 7.75. The van der Waals surface area contributed by atoms with Crippen LogP contribution in [-0.4, -0.2) is 40.0 Å². The van der Waals surface area contributed by atoms with Crippen LogP contribution in [0.3, 0.4) is 0 Å². The van der Waals surface area contributed by atoms with Crippen molar-refractivity contribution in [2.24, 2.45) is 7.05 Å². The summed E-state index contributed by atoms with van der Waals surface area (Å²) < 4.78 is 1.97. The van der Waals surface area contributed by atoms with Crippen LogP contribution in [0.4, 0.5) is 0 Å². The van der Waals surface area contributed by atoms with Crippen molar-refractivity contribution >= 4 is 17.5 Å². The zero-order valence-corrected chi connectivity index (χ0v) is 13.3. The van der Waals surface area contributed by atoms with E-state index in [1.165, 1.54) is 0 Å². The van der Waals surface area contributed by atoms with E-state index < -0.39 is 0 Å². The number of piperazine rings is 1. The molecule has 0 saturated carbocycles. The van der Waals surface area contributed by atoms with Crippen molar-refractivity contribution in [1.29, 1.82) is 0 Å². The molecule has 0 aliphatic carbocycles. The Morgan fingerprint density at radius 3 is 3.00 bits per heavy atom. The Balaban J connectivity index is 1.80. The van der Waals surface area contributed by atoms with Crippen molar-refractivity contribution in [2.75, 3.05) is 19.6 Å². The van der Waals surface area contributed by atoms with Gasteiger partial charge in [-0.1, -0.05) is 29.8 Å². The van der Waals surface area contributed by atoms with Crippen LogP contribution in [0.25, 0.3) is 0 Å². The van der Waals surface area contributed by atoms with Gasteiger partial charge in [0, 0.05) is 44.1 Å². The molecule has 1 aliphatic heterocycles. The van der Waals surface area contributed by atoms with E-state index in [4.69, 9.17) is 11.6 Å². The first kappa shape index (κ1) is 15.1. The molecule has 1 atom stereocenters. The van der Waals surface area contributed by atoms with Crippen LogP contribution >= 0.6 is 11.6 Å². The molecule has 2 heterocycles. The largest absolute Gasteiger partial charge is 0.336 e. The maximum Gasteiger partial charge on any atom is 0.227 e. The van der Waals surface area contributed by atoms with Gasteiger partial charge in [-0.05, 0) is 11.6 Å². The van der Waals surface area contributed by atoms with Crippen LogP contribution in [0.15, 0.2) is 36.7 Å². The molecule has 1 aromatic heterocycles. The van der Waals surface area contributed by atoms with Gasteiger partial charge in [-0.3, -0.25) is 4.79 Å². The second-order valence-corrected chi connectivity index (χ2v) is 5.88. The van der Waals surface area contributed by atoms with Crippen molar-refractivity contribution in [3.8, 4) is 0 Å². The molecule has 1 fully saturated rings. The second-order valence-electron chi connectivity index (χ2n) is 5.47. The maximum absolute atomic E-state index is 12.7. The van der Waals surface area contributed by atoms with Crippen LogP contribution in [0, 0.1) is 0 Å². The fourth-order valence-corrected chi connectivity index (χ4v) is 3.04. The van der Waals surface area contributed by atoms with E-state index in [-0.39, 0.29) is 11.9 Å². The molecule has 3 rings (SSSR count). The summed E-state index contributed by atoms with van der Waals surface area (Å²) in [4.78, 5) is 19.0. The molecule has 1 aromatic carbocycles. The lowest BCUT2D eigenvalue weighted by Gasteiger charge is -2.36. The van der Waals surface area contributed by atoms with E-state index in [2.05, 4.69) is 10.3 Å². The number of hydrogen-bond acceptors (Lipinski definition) is 3. The second kappa shape index (κ2) is 6.50. The van der Waals surface area contributed by atoms with Crippen molar-refractivity contribution in [3.63, 3.8) is 0 Å². The highest BCUT2D eigenvalue weighted by molar-refractivity contribution is 6.31. The fourth-order valence-electron chi connectivity index (χ4n) is 2.84. The number of nitrogens with zero attached hydrogens (tertiary/aromatic N) is 3. The zero-order chi connectivity index (χ0) is 15.5. The van der Waals surface area contributed by atoms with Crippen LogP contribution in [-0.2, 0) is 18.3 Å². The Kier molecular flexibility index (Phi) is 4.45. The van der Waals surface area contributed by atoms with Gasteiger partial charge < -0.3 is 14.8 Å². The van der Waals surface area contributed by atoms with Gasteiger partial charge in [-0.25, -0.2) is 4.98 Å². The number of carbonyl (C=O) groups is 1. The molecule has 1 amide bonds. The number of carbonyl (C=O) groups excluding carboxylic acids is 1. The predicted octanol–water partition coefficient (Wildman–Crippen LogP) is 1.79. The van der Waals surface area contributed by atoms with E-state index >= 15 is 0 Å². The summed E-state index contributed by atoms with van der Waals surface area (Å²) >= 11 is 6.17. The molecule has 1 aliphatic rings. The summed E-state index contributed by atoms with van der Waals surface area (Å²) in [6.07, 6.45) is 3.99. The average molecular weight is 319 g/mol. The Morgan fingerprint density at radius 2 is 2.27 bits per heavy atom. The summed E-state index contributed by atoms with van der Waals surface area (Å²) in [6, 6.07) is 7.46. The summed E-state index contributed by atoms with van der Waals surface area (Å²) in [5.41, 5.74) is 0.867. The van der Waals surface area contributed by atoms with Gasteiger partial charge in [0.25, 0.3) is 0 Å². The van der Waals surface area contributed by atoms with Gasteiger partial charge in [-0.15, -0.1) is 0 Å². The van der Waals surface area contributed by atoms with Crippen molar-refractivity contribution in [3.05, 3.63) is 53.1 Å². The van der Waals surface area contributed by atoms with Crippen molar-refractivity contribution in [2.45, 2.75) is 12.5 Å². The molecule has 1 N–H and O–H groups in total. The van der Waals surface area contributed by atoms with Crippen LogP contribution in [0.5, 0.6) is 0 Å². The number of halogens is 1. The van der Waals surface area contributed by atoms with Gasteiger partial charge in [0.15, 0.2) is 0 Å². The summed E-state index contributed by atoms with van der Waals surface area (Å²) in [5, 5.41) is 3.98. The van der Waals surface area contributed by atoms with Gasteiger partial charge in [0.1, 0.15) is 11.9 Å². The minimum absolute atomic E-state index is 0.0382. The highest BCUT2D eigenvalue weighted by Gasteiger charge is 2.30. The molecule has 1 saturated heterocycles. The third-order valence-corrected chi connectivity index (χ3v) is 4.39. The van der Waals surface area contributed by atoms with Gasteiger partial charge >= 0.3 is 0 Å². The molecular formula is C16H19ClN4O. The van der Waals surface area contributed by atoms with Gasteiger partial charge in [-0.2, -0.15) is 0 Å². The number of imidazole rings is 1. The summed E-state index contributed by atoms with van der Waals surface area (Å²) in [7, 11) is 1.95. The van der Waals surface area contributed by atoms with Crippen LogP contribution in [0.1, 0.15) is 17.4 Å². The lowest BCUT2D eigenvalue weighted by atomic mass is 10.1. The highest BCUT2D eigenvalue weighted by Crippen LogP contribution is 2.23. The third kappa shape index (κ3) is 3.00. The first-order chi connectivity index (χ1) is 10.7. The quantitative estimate of drug-likeness (QED) is 0.938. The van der Waals surface area contributed by atoms with Crippen molar-refractivity contribution in [1.82, 2.24) is 19.8 Å². The standard InChI is InChI=1S/C16H19ClN4O/c1-20-8-7-19-16(20)14-11-18-6-9-21(14)15(22)10-12-4-2-3-5-13(12)17/h2-5,7-8,14,18H,6,9-11H2,1H3. The first-order valence-electron chi connectivity index (χ1n) is 7.37. The lowest BCUT2D eigenvalue weighted by molar-refractivity contribution is -0.134. The molecule has 5 nitrogen and oxygen atoms in total. The minimum atomic E-state index is -0.0382. The average Bonchev–Trinajstić information content (AvgIpc) is 2.95. The number of rotatable bonds is 3. The van der Waals surface area contributed by atoms with Crippen LogP contribution < -0.4 is 5.32 Å². The lowest BCUT2D eigenvalue weighted by Crippen LogP contribution is -2.49. The maximum atomic E-state index is 12.7. The Labute approximate surface area is 134 Å². The number of benzene rings is 1. The number of nitrogens with one attached hydrogen (secondary N) is 1. The molecule has 1 unspecified atom stereocenters. The summed E-state index contributed by atoms with van der Waals surface area (Å²) in [6.45, 7) is 2.20. The topological polar surface area (TPSA) is 50.2 Å².